The van der Waals surface area contributed by atoms with E-state index in [0.717, 1.165) is 29.9 Å². The highest BCUT2D eigenvalue weighted by atomic mass is 32.1. The lowest BCUT2D eigenvalue weighted by Gasteiger charge is -2.37. The standard InChI is InChI=1S/C23H23N3O3S/c27-22(24-29)10-9-17-5-1-3-7-20(17)25-11-13-26(14-12-25)23(28)15-18-16-30-21-8-4-2-6-19(18)21/h1-10,16,29H,11-15H2,(H,24,27)/b10-9+. The minimum Gasteiger partial charge on any atom is -0.367 e. The van der Waals surface area contributed by atoms with Gasteiger partial charge >= 0.3 is 0 Å². The molecule has 3 aromatic rings. The Labute approximate surface area is 179 Å². The van der Waals surface area contributed by atoms with Gasteiger partial charge in [0.1, 0.15) is 0 Å². The van der Waals surface area contributed by atoms with Gasteiger partial charge in [0.05, 0.1) is 6.42 Å². The average Bonchev–Trinajstić information content (AvgIpc) is 3.20. The van der Waals surface area contributed by atoms with Gasteiger partial charge < -0.3 is 9.80 Å². The number of amides is 2. The lowest BCUT2D eigenvalue weighted by molar-refractivity contribution is -0.130. The first-order valence-corrected chi connectivity index (χ1v) is 10.7. The van der Waals surface area contributed by atoms with Gasteiger partial charge in [0.25, 0.3) is 5.91 Å². The maximum Gasteiger partial charge on any atom is 0.267 e. The summed E-state index contributed by atoms with van der Waals surface area (Å²) in [6.07, 6.45) is 3.41. The largest absolute Gasteiger partial charge is 0.367 e. The summed E-state index contributed by atoms with van der Waals surface area (Å²) in [4.78, 5) is 28.3. The molecule has 0 spiro atoms. The van der Waals surface area contributed by atoms with E-state index in [4.69, 9.17) is 5.21 Å². The van der Waals surface area contributed by atoms with Crippen molar-refractivity contribution >= 4 is 45.0 Å². The van der Waals surface area contributed by atoms with Crippen LogP contribution in [0.5, 0.6) is 0 Å². The van der Waals surface area contributed by atoms with E-state index in [0.29, 0.717) is 19.5 Å². The second-order valence-corrected chi connectivity index (χ2v) is 8.08. The number of para-hydroxylation sites is 1. The van der Waals surface area contributed by atoms with Crippen molar-refractivity contribution in [3.63, 3.8) is 0 Å². The molecule has 1 saturated heterocycles. The van der Waals surface area contributed by atoms with Crippen molar-refractivity contribution in [1.29, 1.82) is 0 Å². The maximum atomic E-state index is 12.9. The molecule has 0 saturated carbocycles. The fourth-order valence-electron chi connectivity index (χ4n) is 3.76. The molecule has 0 atom stereocenters. The molecule has 4 rings (SSSR count). The monoisotopic (exact) mass is 421 g/mol. The van der Waals surface area contributed by atoms with Crippen LogP contribution in [0, 0.1) is 0 Å². The van der Waals surface area contributed by atoms with Gasteiger partial charge in [-0.2, -0.15) is 0 Å². The van der Waals surface area contributed by atoms with E-state index < -0.39 is 5.91 Å². The Hall–Kier alpha value is -3.16. The fourth-order valence-corrected chi connectivity index (χ4v) is 4.72. The van der Waals surface area contributed by atoms with Crippen molar-refractivity contribution in [3.05, 3.63) is 71.1 Å². The van der Waals surface area contributed by atoms with E-state index in [1.807, 2.05) is 41.3 Å². The van der Waals surface area contributed by atoms with Gasteiger partial charge in [-0.1, -0.05) is 36.4 Å². The molecule has 1 aromatic heterocycles. The van der Waals surface area contributed by atoms with Crippen LogP contribution in [0.3, 0.4) is 0 Å². The number of thiophene rings is 1. The van der Waals surface area contributed by atoms with E-state index in [1.165, 1.54) is 16.2 Å². The van der Waals surface area contributed by atoms with E-state index in [-0.39, 0.29) is 5.91 Å². The average molecular weight is 422 g/mol. The van der Waals surface area contributed by atoms with Gasteiger partial charge in [0.2, 0.25) is 5.91 Å². The number of nitrogens with one attached hydrogen (secondary N) is 1. The third-order valence-corrected chi connectivity index (χ3v) is 6.35. The number of carbonyl (C=O) groups excluding carboxylic acids is 2. The summed E-state index contributed by atoms with van der Waals surface area (Å²) < 4.78 is 1.21. The Bertz CT molecular complexity index is 1080. The van der Waals surface area contributed by atoms with Gasteiger partial charge in [-0.05, 0) is 40.1 Å². The lowest BCUT2D eigenvalue weighted by Crippen LogP contribution is -2.49. The van der Waals surface area contributed by atoms with Crippen molar-refractivity contribution in [1.82, 2.24) is 10.4 Å². The lowest BCUT2D eigenvalue weighted by atomic mass is 10.1. The Morgan fingerprint density at radius 1 is 1.03 bits per heavy atom. The molecule has 0 unspecified atom stereocenters. The Morgan fingerprint density at radius 2 is 1.77 bits per heavy atom. The number of hydrogen-bond acceptors (Lipinski definition) is 5. The van der Waals surface area contributed by atoms with E-state index >= 15 is 0 Å². The van der Waals surface area contributed by atoms with Crippen LogP contribution in [-0.2, 0) is 16.0 Å². The van der Waals surface area contributed by atoms with Gasteiger partial charge in [-0.25, -0.2) is 5.48 Å². The molecule has 1 aliphatic rings. The Morgan fingerprint density at radius 3 is 2.57 bits per heavy atom. The number of nitrogens with zero attached hydrogens (tertiary/aromatic N) is 2. The summed E-state index contributed by atoms with van der Waals surface area (Å²) in [5.41, 5.74) is 4.60. The van der Waals surface area contributed by atoms with E-state index in [9.17, 15) is 9.59 Å². The normalized spacial score (nSPS) is 14.4. The van der Waals surface area contributed by atoms with Crippen LogP contribution in [0.15, 0.2) is 60.0 Å². The summed E-state index contributed by atoms with van der Waals surface area (Å²) in [5.74, 6) is -0.410. The molecule has 1 fully saturated rings. The van der Waals surface area contributed by atoms with Crippen molar-refractivity contribution in [2.45, 2.75) is 6.42 Å². The molecule has 30 heavy (non-hydrogen) atoms. The topological polar surface area (TPSA) is 72.9 Å². The van der Waals surface area contributed by atoms with Crippen LogP contribution in [-0.4, -0.2) is 48.1 Å². The molecular formula is C23H23N3O3S. The molecule has 7 heteroatoms. The molecule has 2 heterocycles. The van der Waals surface area contributed by atoms with E-state index in [2.05, 4.69) is 22.4 Å². The summed E-state index contributed by atoms with van der Waals surface area (Å²) in [6.45, 7) is 2.78. The number of carbonyl (C=O) groups is 2. The molecule has 6 nitrogen and oxygen atoms in total. The molecule has 2 N–H and O–H groups in total. The van der Waals surface area contributed by atoms with Gasteiger partial charge in [0, 0.05) is 42.6 Å². The van der Waals surface area contributed by atoms with Crippen molar-refractivity contribution in [2.75, 3.05) is 31.1 Å². The maximum absolute atomic E-state index is 12.9. The zero-order valence-corrected chi connectivity index (χ0v) is 17.3. The minimum atomic E-state index is -0.568. The highest BCUT2D eigenvalue weighted by Gasteiger charge is 2.23. The highest BCUT2D eigenvalue weighted by molar-refractivity contribution is 7.17. The van der Waals surface area contributed by atoms with Crippen LogP contribution >= 0.6 is 11.3 Å². The van der Waals surface area contributed by atoms with Crippen molar-refractivity contribution in [2.24, 2.45) is 0 Å². The van der Waals surface area contributed by atoms with Crippen molar-refractivity contribution < 1.29 is 14.8 Å². The van der Waals surface area contributed by atoms with Crippen LogP contribution in [0.2, 0.25) is 0 Å². The Kier molecular flexibility index (Phi) is 6.11. The minimum absolute atomic E-state index is 0.158. The number of piperazine rings is 1. The molecule has 2 aromatic carbocycles. The number of hydroxylamine groups is 1. The third-order valence-electron chi connectivity index (χ3n) is 5.34. The third kappa shape index (κ3) is 4.37. The quantitative estimate of drug-likeness (QED) is 0.377. The Balaban J connectivity index is 1.40. The smallest absolute Gasteiger partial charge is 0.267 e. The van der Waals surface area contributed by atoms with Crippen molar-refractivity contribution in [3.8, 4) is 0 Å². The molecule has 0 bridgehead atoms. The molecule has 154 valence electrons. The van der Waals surface area contributed by atoms with Crippen LogP contribution in [0.1, 0.15) is 11.1 Å². The number of anilines is 1. The number of benzene rings is 2. The molecular weight excluding hydrogens is 398 g/mol. The first-order valence-electron chi connectivity index (χ1n) is 9.84. The zero-order valence-electron chi connectivity index (χ0n) is 16.5. The highest BCUT2D eigenvalue weighted by Crippen LogP contribution is 2.27. The zero-order chi connectivity index (χ0) is 20.9. The first-order chi connectivity index (χ1) is 14.7. The number of rotatable bonds is 5. The van der Waals surface area contributed by atoms with Gasteiger partial charge in [-0.15, -0.1) is 11.3 Å². The molecule has 0 aliphatic carbocycles. The fraction of sp³-hybridized carbons (Fsp3) is 0.217. The second kappa shape index (κ2) is 9.11. The first kappa shape index (κ1) is 20.1. The molecule has 1 aliphatic heterocycles. The summed E-state index contributed by atoms with van der Waals surface area (Å²) >= 11 is 1.68. The number of hydrogen-bond donors (Lipinski definition) is 2. The summed E-state index contributed by atoms with van der Waals surface area (Å²) in [6, 6.07) is 16.0. The number of fused-ring (bicyclic) bond motifs is 1. The molecule has 0 radical (unpaired) electrons. The SMILES string of the molecule is O=C(/C=C/c1ccccc1N1CCN(C(=O)Cc2csc3ccccc23)CC1)NO. The van der Waals surface area contributed by atoms with E-state index in [1.54, 1.807) is 22.9 Å². The summed E-state index contributed by atoms with van der Waals surface area (Å²) in [5, 5.41) is 11.9. The predicted octanol–water partition coefficient (Wildman–Crippen LogP) is 3.31. The van der Waals surface area contributed by atoms with Crippen LogP contribution < -0.4 is 10.4 Å². The van der Waals surface area contributed by atoms with Gasteiger partial charge in [0.15, 0.2) is 0 Å². The second-order valence-electron chi connectivity index (χ2n) is 7.17. The van der Waals surface area contributed by atoms with Gasteiger partial charge in [-0.3, -0.25) is 14.8 Å². The van der Waals surface area contributed by atoms with Crippen LogP contribution in [0.4, 0.5) is 5.69 Å². The summed E-state index contributed by atoms with van der Waals surface area (Å²) in [7, 11) is 0. The molecule has 2 amide bonds. The van der Waals surface area contributed by atoms with Crippen LogP contribution in [0.25, 0.3) is 16.2 Å². The predicted molar refractivity (Wildman–Crippen MR) is 120 cm³/mol.